The second kappa shape index (κ2) is 9.05. The van der Waals surface area contributed by atoms with Crippen molar-refractivity contribution in [1.82, 2.24) is 10.3 Å². The number of fused-ring (bicyclic) bond motifs is 1. The quantitative estimate of drug-likeness (QED) is 0.392. The van der Waals surface area contributed by atoms with Crippen LogP contribution in [0.2, 0.25) is 0 Å². The third-order valence-electron chi connectivity index (χ3n) is 4.77. The van der Waals surface area contributed by atoms with E-state index in [0.717, 1.165) is 0 Å². The number of carbonyl (C=O) groups excluding carboxylic acids is 2. The topological polar surface area (TPSA) is 116 Å². The molecule has 0 spiro atoms. The summed E-state index contributed by atoms with van der Waals surface area (Å²) in [6, 6.07) is 20.9. The van der Waals surface area contributed by atoms with Gasteiger partial charge in [-0.05, 0) is 41.1 Å². The second-order valence-corrected chi connectivity index (χ2v) is 6.81. The summed E-state index contributed by atoms with van der Waals surface area (Å²) in [7, 11) is 1.50. The zero-order chi connectivity index (χ0) is 22.5. The molecule has 0 saturated carbocycles. The van der Waals surface area contributed by atoms with E-state index in [0.29, 0.717) is 16.5 Å². The van der Waals surface area contributed by atoms with E-state index in [2.05, 4.69) is 25.8 Å². The Hall–Kier alpha value is -4.59. The molecular weight excluding hydrogens is 406 g/mol. The Kier molecular flexibility index (Phi) is 5.85. The minimum absolute atomic E-state index is 0.0773. The molecule has 158 valence electrons. The van der Waals surface area contributed by atoms with E-state index in [1.807, 2.05) is 18.2 Å². The van der Waals surface area contributed by atoms with E-state index in [4.69, 9.17) is 0 Å². The zero-order valence-corrected chi connectivity index (χ0v) is 17.1. The van der Waals surface area contributed by atoms with Gasteiger partial charge in [0.1, 0.15) is 5.69 Å². The van der Waals surface area contributed by atoms with Crippen molar-refractivity contribution in [3.8, 4) is 5.75 Å². The first-order chi connectivity index (χ1) is 15.6. The number of amides is 2. The normalized spacial score (nSPS) is 10.9. The molecule has 0 saturated heterocycles. The maximum absolute atomic E-state index is 13.0. The number of aromatic hydroxyl groups is 1. The second-order valence-electron chi connectivity index (χ2n) is 6.81. The van der Waals surface area contributed by atoms with Crippen LogP contribution in [0, 0.1) is 0 Å². The largest absolute Gasteiger partial charge is 0.505 e. The van der Waals surface area contributed by atoms with Crippen LogP contribution in [0.4, 0.5) is 17.2 Å². The number of carbonyl (C=O) groups is 2. The SMILES string of the molecule is CNC(=O)c1cccnc1/N=N/c1cc2ccccc2c(C(=O)Nc2ccccc2)c1O. The van der Waals surface area contributed by atoms with Crippen LogP contribution in [-0.4, -0.2) is 29.0 Å². The number of pyridine rings is 1. The number of phenolic OH excluding ortho intramolecular Hbond substituents is 1. The molecule has 0 radical (unpaired) electrons. The molecule has 1 aromatic heterocycles. The van der Waals surface area contributed by atoms with Crippen molar-refractivity contribution in [2.45, 2.75) is 0 Å². The molecule has 8 nitrogen and oxygen atoms in total. The molecule has 4 aromatic rings. The molecular formula is C24H19N5O3. The van der Waals surface area contributed by atoms with Crippen LogP contribution in [-0.2, 0) is 0 Å². The van der Waals surface area contributed by atoms with Gasteiger partial charge in [-0.1, -0.05) is 42.5 Å². The van der Waals surface area contributed by atoms with E-state index in [1.54, 1.807) is 54.6 Å². The summed E-state index contributed by atoms with van der Waals surface area (Å²) in [5, 5.41) is 25.7. The number of para-hydroxylation sites is 1. The third-order valence-corrected chi connectivity index (χ3v) is 4.77. The van der Waals surface area contributed by atoms with E-state index in [-0.39, 0.29) is 34.3 Å². The fraction of sp³-hybridized carbons (Fsp3) is 0.0417. The van der Waals surface area contributed by atoms with Gasteiger partial charge >= 0.3 is 0 Å². The Labute approximate surface area is 183 Å². The zero-order valence-electron chi connectivity index (χ0n) is 17.1. The molecule has 0 aliphatic heterocycles. The predicted molar refractivity (Wildman–Crippen MR) is 122 cm³/mol. The van der Waals surface area contributed by atoms with E-state index in [1.165, 1.54) is 13.2 Å². The average molecular weight is 425 g/mol. The number of hydrogen-bond acceptors (Lipinski definition) is 6. The minimum atomic E-state index is -0.481. The van der Waals surface area contributed by atoms with Gasteiger partial charge < -0.3 is 15.7 Å². The summed E-state index contributed by atoms with van der Waals surface area (Å²) >= 11 is 0. The molecule has 32 heavy (non-hydrogen) atoms. The number of azo groups is 1. The molecule has 0 unspecified atom stereocenters. The molecule has 8 heteroatoms. The summed E-state index contributed by atoms with van der Waals surface area (Å²) in [5.41, 5.74) is 0.988. The first-order valence-corrected chi connectivity index (χ1v) is 9.78. The van der Waals surface area contributed by atoms with Gasteiger partial charge in [0.2, 0.25) is 0 Å². The van der Waals surface area contributed by atoms with Crippen LogP contribution in [0.15, 0.2) is 89.2 Å². The Morgan fingerprint density at radius 2 is 1.66 bits per heavy atom. The molecule has 0 fully saturated rings. The molecule has 3 N–H and O–H groups in total. The highest BCUT2D eigenvalue weighted by atomic mass is 16.3. The van der Waals surface area contributed by atoms with Crippen LogP contribution in [0.1, 0.15) is 20.7 Å². The first-order valence-electron chi connectivity index (χ1n) is 9.78. The Morgan fingerprint density at radius 1 is 0.906 bits per heavy atom. The van der Waals surface area contributed by atoms with Gasteiger partial charge in [-0.3, -0.25) is 9.59 Å². The van der Waals surface area contributed by atoms with Gasteiger partial charge in [-0.15, -0.1) is 10.2 Å². The van der Waals surface area contributed by atoms with Crippen molar-refractivity contribution in [3.05, 3.63) is 90.1 Å². The van der Waals surface area contributed by atoms with Gasteiger partial charge in [-0.25, -0.2) is 4.98 Å². The first kappa shape index (κ1) is 20.7. The lowest BCUT2D eigenvalue weighted by atomic mass is 10.0. The smallest absolute Gasteiger partial charge is 0.260 e. The van der Waals surface area contributed by atoms with Gasteiger partial charge in [0.05, 0.1) is 11.1 Å². The van der Waals surface area contributed by atoms with Crippen LogP contribution in [0.3, 0.4) is 0 Å². The maximum Gasteiger partial charge on any atom is 0.260 e. The summed E-state index contributed by atoms with van der Waals surface area (Å²) in [6.07, 6.45) is 1.49. The molecule has 0 aliphatic carbocycles. The molecule has 0 bridgehead atoms. The van der Waals surface area contributed by atoms with E-state index >= 15 is 0 Å². The number of nitrogens with one attached hydrogen (secondary N) is 2. The van der Waals surface area contributed by atoms with Crippen molar-refractivity contribution < 1.29 is 14.7 Å². The van der Waals surface area contributed by atoms with Crippen molar-refractivity contribution in [2.24, 2.45) is 10.2 Å². The maximum atomic E-state index is 13.0. The standard InChI is InChI=1S/C24H19N5O3/c1-25-23(31)18-12-7-13-26-22(18)29-28-19-14-15-8-5-6-11-17(15)20(21(19)30)24(32)27-16-9-3-2-4-10-16/h2-14,30H,1H3,(H,25,31)(H,27,32)/b29-28+. The Balaban J connectivity index is 1.79. The van der Waals surface area contributed by atoms with Crippen LogP contribution in [0.25, 0.3) is 10.8 Å². The number of hydrogen-bond donors (Lipinski definition) is 3. The van der Waals surface area contributed by atoms with Crippen LogP contribution < -0.4 is 10.6 Å². The Morgan fingerprint density at radius 3 is 2.44 bits per heavy atom. The lowest BCUT2D eigenvalue weighted by molar-refractivity contribution is 0.0962. The average Bonchev–Trinajstić information content (AvgIpc) is 2.83. The Bertz CT molecular complexity index is 1340. The van der Waals surface area contributed by atoms with E-state index < -0.39 is 5.91 Å². The highest BCUT2D eigenvalue weighted by Gasteiger charge is 2.20. The molecule has 0 aliphatic rings. The van der Waals surface area contributed by atoms with Crippen molar-refractivity contribution in [1.29, 1.82) is 0 Å². The lowest BCUT2D eigenvalue weighted by Crippen LogP contribution is -2.18. The highest BCUT2D eigenvalue weighted by Crippen LogP contribution is 2.38. The fourth-order valence-corrected chi connectivity index (χ4v) is 3.23. The molecule has 3 aromatic carbocycles. The van der Waals surface area contributed by atoms with E-state index in [9.17, 15) is 14.7 Å². The van der Waals surface area contributed by atoms with Crippen molar-refractivity contribution >= 4 is 39.8 Å². The molecule has 4 rings (SSSR count). The van der Waals surface area contributed by atoms with Crippen molar-refractivity contribution in [2.75, 3.05) is 12.4 Å². The summed E-state index contributed by atoms with van der Waals surface area (Å²) < 4.78 is 0. The summed E-state index contributed by atoms with van der Waals surface area (Å²) in [6.45, 7) is 0. The minimum Gasteiger partial charge on any atom is -0.505 e. The highest BCUT2D eigenvalue weighted by molar-refractivity contribution is 6.16. The fourth-order valence-electron chi connectivity index (χ4n) is 3.23. The summed E-state index contributed by atoms with van der Waals surface area (Å²) in [4.78, 5) is 29.2. The van der Waals surface area contributed by atoms with Crippen molar-refractivity contribution in [3.63, 3.8) is 0 Å². The molecule has 0 atom stereocenters. The number of nitrogens with zero attached hydrogens (tertiary/aromatic N) is 3. The number of anilines is 1. The lowest BCUT2D eigenvalue weighted by Gasteiger charge is -2.12. The predicted octanol–water partition coefficient (Wildman–Crippen LogP) is 4.97. The monoisotopic (exact) mass is 425 g/mol. The van der Waals surface area contributed by atoms with Gasteiger partial charge in [0, 0.05) is 18.9 Å². The molecule has 2 amide bonds. The number of aromatic nitrogens is 1. The van der Waals surface area contributed by atoms with Crippen LogP contribution >= 0.6 is 0 Å². The van der Waals surface area contributed by atoms with Gasteiger partial charge in [-0.2, -0.15) is 0 Å². The number of benzene rings is 3. The van der Waals surface area contributed by atoms with Gasteiger partial charge in [0.15, 0.2) is 11.6 Å². The number of phenols is 1. The number of rotatable bonds is 5. The molecule has 1 heterocycles. The third kappa shape index (κ3) is 4.15. The van der Waals surface area contributed by atoms with Crippen LogP contribution in [0.5, 0.6) is 5.75 Å². The van der Waals surface area contributed by atoms with Gasteiger partial charge in [0.25, 0.3) is 11.8 Å². The summed E-state index contributed by atoms with van der Waals surface area (Å²) in [5.74, 6) is -1.07.